The summed E-state index contributed by atoms with van der Waals surface area (Å²) >= 11 is 0. The van der Waals surface area contributed by atoms with Gasteiger partial charge in [-0.3, -0.25) is 19.4 Å². The lowest BCUT2D eigenvalue weighted by atomic mass is 9.98. The molecule has 9 aromatic rings. The zero-order valence-corrected chi connectivity index (χ0v) is 46.7. The number of halogens is 2. The van der Waals surface area contributed by atoms with Crippen LogP contribution in [-0.4, -0.2) is 95.7 Å². The summed E-state index contributed by atoms with van der Waals surface area (Å²) in [6, 6.07) is 14.6. The summed E-state index contributed by atoms with van der Waals surface area (Å²) in [4.78, 5) is 61.2. The average molecular weight is 1160 g/mol. The fourth-order valence-corrected chi connectivity index (χ4v) is 10.0. The highest BCUT2D eigenvalue weighted by Gasteiger charge is 2.32. The predicted molar refractivity (Wildman–Crippen MR) is 303 cm³/mol. The van der Waals surface area contributed by atoms with E-state index in [1.807, 2.05) is 39.0 Å². The SMILES string of the molecule is Cc1ccnc(C(C)(O)C#Cc2cc3c(c(Cn4cnc(C(C)(O)C#Cc5cc6c(cc5F)OC(NC(=O)c5cn7c(n5)-c5cc(C#CC(C)c8cc(C)on8)ccc5OCC7)Cn5cc(C(N)=O)nc5-6)c4)c2F)OCCn2cc(C(N)=O)nc2-3)c1. The van der Waals surface area contributed by atoms with E-state index in [-0.39, 0.29) is 112 Å². The van der Waals surface area contributed by atoms with E-state index < -0.39 is 46.8 Å². The molecule has 4 unspecified atom stereocenters. The second-order valence-electron chi connectivity index (χ2n) is 21.2. The third-order valence-corrected chi connectivity index (χ3v) is 14.5. The lowest BCUT2D eigenvalue weighted by Crippen LogP contribution is -2.41. The number of nitrogens with two attached hydrogens (primary N) is 2. The van der Waals surface area contributed by atoms with E-state index in [2.05, 4.69) is 65.9 Å². The van der Waals surface area contributed by atoms with Crippen LogP contribution in [0.5, 0.6) is 17.2 Å². The number of carbonyl (C=O) groups is 3. The Bertz CT molecular complexity index is 4490. The molecule has 3 aliphatic rings. The molecule has 0 radical (unpaired) electrons. The Labute approximate surface area is 488 Å². The van der Waals surface area contributed by atoms with Crippen LogP contribution in [0.1, 0.15) is 109 Å². The first kappa shape index (κ1) is 55.7. The molecule has 3 amide bonds. The van der Waals surface area contributed by atoms with Crippen LogP contribution in [-0.2, 0) is 37.4 Å². The molecule has 0 saturated heterocycles. The minimum Gasteiger partial charge on any atom is -0.491 e. The van der Waals surface area contributed by atoms with E-state index in [9.17, 15) is 24.6 Å². The molecule has 4 atom stereocenters. The van der Waals surface area contributed by atoms with Gasteiger partial charge in [-0.25, -0.2) is 28.7 Å². The summed E-state index contributed by atoms with van der Waals surface area (Å²) in [5, 5.41) is 30.2. The van der Waals surface area contributed by atoms with Crippen LogP contribution in [0, 0.1) is 61.0 Å². The Morgan fingerprint density at radius 3 is 2.13 bits per heavy atom. The molecule has 24 heteroatoms. The Balaban J connectivity index is 0.811. The number of hydrogen-bond acceptors (Lipinski definition) is 15. The number of aromatic nitrogens is 10. The number of primary amides is 2. The number of fused-ring (bicyclic) bond motifs is 9. The molecule has 86 heavy (non-hydrogen) atoms. The topological polar surface area (TPSA) is 294 Å². The molecule has 0 saturated carbocycles. The Morgan fingerprint density at radius 2 is 1.41 bits per heavy atom. The van der Waals surface area contributed by atoms with Crippen molar-refractivity contribution in [2.24, 2.45) is 11.5 Å². The molecule has 0 spiro atoms. The number of amides is 3. The molecule has 6 aromatic heterocycles. The number of ether oxygens (including phenoxy) is 3. The van der Waals surface area contributed by atoms with E-state index in [0.29, 0.717) is 47.3 Å². The van der Waals surface area contributed by atoms with Gasteiger partial charge >= 0.3 is 0 Å². The maximum Gasteiger partial charge on any atom is 0.274 e. The normalized spacial score (nSPS) is 15.3. The van der Waals surface area contributed by atoms with Crippen molar-refractivity contribution in [3.63, 3.8) is 0 Å². The van der Waals surface area contributed by atoms with E-state index >= 15 is 8.78 Å². The van der Waals surface area contributed by atoms with Gasteiger partial charge < -0.3 is 64.0 Å². The fraction of sp³-hybridized carbons (Fsp3) is 0.242. The number of aryl methyl sites for hydroxylation is 2. The van der Waals surface area contributed by atoms with Crippen molar-refractivity contribution in [3.8, 4) is 86.9 Å². The molecule has 0 aliphatic carbocycles. The lowest BCUT2D eigenvalue weighted by molar-refractivity contribution is 0.0800. The van der Waals surface area contributed by atoms with Gasteiger partial charge in [0.15, 0.2) is 17.4 Å². The van der Waals surface area contributed by atoms with Crippen molar-refractivity contribution in [2.75, 3.05) is 13.2 Å². The molecule has 7 N–H and O–H groups in total. The van der Waals surface area contributed by atoms with E-state index in [0.717, 1.165) is 11.6 Å². The van der Waals surface area contributed by atoms with Gasteiger partial charge in [-0.05, 0) is 82.6 Å². The molecule has 3 aromatic carbocycles. The summed E-state index contributed by atoms with van der Waals surface area (Å²) in [7, 11) is 0. The summed E-state index contributed by atoms with van der Waals surface area (Å²) in [5.74, 6) is 15.4. The average Bonchev–Trinajstić information content (AvgIpc) is 2.02. The minimum atomic E-state index is -2.05. The molecule has 0 bridgehead atoms. The number of hydrogen-bond donors (Lipinski definition) is 5. The van der Waals surface area contributed by atoms with Crippen LogP contribution >= 0.6 is 0 Å². The molecular formula is C62H51F2N13O9. The molecule has 3 aliphatic heterocycles. The first-order valence-electron chi connectivity index (χ1n) is 26.9. The number of aliphatic hydroxyl groups is 2. The second-order valence-corrected chi connectivity index (χ2v) is 21.2. The van der Waals surface area contributed by atoms with Crippen LogP contribution in [0.15, 0.2) is 96.4 Å². The zero-order valence-electron chi connectivity index (χ0n) is 46.7. The van der Waals surface area contributed by atoms with Gasteiger partial charge in [0.25, 0.3) is 17.7 Å². The van der Waals surface area contributed by atoms with Gasteiger partial charge in [-0.15, -0.1) is 0 Å². The number of rotatable bonds is 9. The van der Waals surface area contributed by atoms with Crippen molar-refractivity contribution in [2.45, 2.75) is 84.1 Å². The third-order valence-electron chi connectivity index (χ3n) is 14.5. The smallest absolute Gasteiger partial charge is 0.274 e. The standard InChI is InChI=1S/C62H51F2N13O9/c1-33-12-15-67-50(20-33)61(4,81)14-11-38-24-41-54(84-19-17-75-27-45(55(65)78)70-59(41)75)42(53(38)64)26-74-30-51(68-32-74)62(5,82)13-10-37-23-40-49(25-43(37)63)85-52(31-77-28-46(56(66)79)69-58(40)77)72-60(80)47-29-76-16-18-83-48-9-8-36(22-39(48)57(76)71-47)7-6-34(2)44-21-35(3)86-73-44/h8-9,12,15,20-25,27-30,32,34,52,81-82H,16-19,26,31H2,1-5H3,(H2,65,78)(H2,66,79)(H,72,80). The highest BCUT2D eigenvalue weighted by molar-refractivity contribution is 5.94. The van der Waals surface area contributed by atoms with Gasteiger partial charge in [0.1, 0.15) is 88.1 Å². The Kier molecular flexibility index (Phi) is 14.0. The molecule has 432 valence electrons. The predicted octanol–water partition coefficient (Wildman–Crippen LogP) is 5.60. The van der Waals surface area contributed by atoms with Gasteiger partial charge in [-0.1, -0.05) is 40.7 Å². The molecule has 12 rings (SSSR count). The maximum absolute atomic E-state index is 17.0. The van der Waals surface area contributed by atoms with E-state index in [1.54, 1.807) is 33.5 Å². The number of nitrogens with zero attached hydrogens (tertiary/aromatic N) is 10. The highest BCUT2D eigenvalue weighted by Crippen LogP contribution is 2.40. The molecule has 22 nitrogen and oxygen atoms in total. The van der Waals surface area contributed by atoms with Gasteiger partial charge in [0, 0.05) is 48.7 Å². The van der Waals surface area contributed by atoms with E-state index in [4.69, 9.17) is 35.2 Å². The summed E-state index contributed by atoms with van der Waals surface area (Å²) in [6.07, 6.45) is 7.59. The Morgan fingerprint density at radius 1 is 0.756 bits per heavy atom. The minimum absolute atomic E-state index is 0.000292. The monoisotopic (exact) mass is 1160 g/mol. The third kappa shape index (κ3) is 10.9. The quantitative estimate of drug-likeness (QED) is 0.110. The van der Waals surface area contributed by atoms with Crippen LogP contribution in [0.3, 0.4) is 0 Å². The highest BCUT2D eigenvalue weighted by atomic mass is 19.1. The molecular weight excluding hydrogens is 1110 g/mol. The number of nitrogens with one attached hydrogen (secondary N) is 1. The Hall–Kier alpha value is -10.9. The number of imidazole rings is 4. The first-order valence-corrected chi connectivity index (χ1v) is 26.9. The summed E-state index contributed by atoms with van der Waals surface area (Å²) < 4.78 is 63.6. The van der Waals surface area contributed by atoms with Gasteiger partial charge in [-0.2, -0.15) is 0 Å². The van der Waals surface area contributed by atoms with Crippen molar-refractivity contribution < 1.29 is 52.1 Å². The number of carbonyl (C=O) groups excluding carboxylic acids is 3. The largest absolute Gasteiger partial charge is 0.491 e. The number of pyridine rings is 1. The van der Waals surface area contributed by atoms with Crippen molar-refractivity contribution >= 4 is 17.7 Å². The van der Waals surface area contributed by atoms with Crippen molar-refractivity contribution in [3.05, 3.63) is 171 Å². The zero-order chi connectivity index (χ0) is 60.3. The molecule has 0 fully saturated rings. The summed E-state index contributed by atoms with van der Waals surface area (Å²) in [5.41, 5.74) is 10.6. The number of benzene rings is 3. The van der Waals surface area contributed by atoms with Crippen molar-refractivity contribution in [1.82, 2.24) is 53.7 Å². The van der Waals surface area contributed by atoms with Crippen LogP contribution < -0.4 is 31.0 Å². The second kappa shape index (κ2) is 21.7. The fourth-order valence-electron chi connectivity index (χ4n) is 10.0. The first-order chi connectivity index (χ1) is 41.1. The maximum atomic E-state index is 17.0. The lowest BCUT2D eigenvalue weighted by Gasteiger charge is -2.19. The van der Waals surface area contributed by atoms with Crippen LogP contribution in [0.4, 0.5) is 8.78 Å². The van der Waals surface area contributed by atoms with Crippen LogP contribution in [0.2, 0.25) is 0 Å². The molecule has 9 heterocycles. The van der Waals surface area contributed by atoms with Gasteiger partial charge in [0.05, 0.1) is 83.2 Å². The summed E-state index contributed by atoms with van der Waals surface area (Å²) in [6.45, 7) is 8.97. The van der Waals surface area contributed by atoms with Crippen molar-refractivity contribution in [1.29, 1.82) is 0 Å². The van der Waals surface area contributed by atoms with Crippen LogP contribution in [0.25, 0.3) is 34.2 Å². The van der Waals surface area contributed by atoms with Gasteiger partial charge in [0.2, 0.25) is 0 Å². The van der Waals surface area contributed by atoms with E-state index in [1.165, 1.54) is 66.2 Å².